The Kier molecular flexibility index (Phi) is 11.5. The highest BCUT2D eigenvalue weighted by molar-refractivity contribution is 14.0. The minimum atomic E-state index is -0.198. The summed E-state index contributed by atoms with van der Waals surface area (Å²) in [6, 6.07) is 0.369. The molecule has 0 bridgehead atoms. The number of halogens is 1. The maximum absolute atomic E-state index is 11.6. The van der Waals surface area contributed by atoms with Gasteiger partial charge in [0.15, 0.2) is 5.96 Å². The van der Waals surface area contributed by atoms with Crippen molar-refractivity contribution in [3.63, 3.8) is 0 Å². The molecule has 0 unspecified atom stereocenters. The van der Waals surface area contributed by atoms with Gasteiger partial charge in [0.1, 0.15) is 0 Å². The third-order valence-electron chi connectivity index (χ3n) is 3.41. The van der Waals surface area contributed by atoms with Crippen molar-refractivity contribution < 1.29 is 9.53 Å². The Bertz CT molecular complexity index is 318. The monoisotopic (exact) mass is 412 g/mol. The Balaban J connectivity index is 0.00000400. The topological polar surface area (TPSA) is 66.0 Å². The van der Waals surface area contributed by atoms with Gasteiger partial charge in [-0.25, -0.2) is 4.79 Å². The first-order valence-electron chi connectivity index (χ1n) is 7.60. The van der Waals surface area contributed by atoms with Crippen molar-refractivity contribution in [2.75, 3.05) is 33.3 Å². The highest BCUT2D eigenvalue weighted by atomic mass is 127. The average Bonchev–Trinajstić information content (AvgIpc) is 2.47. The number of carbonyl (C=O) groups is 1. The molecule has 7 heteroatoms. The second-order valence-electron chi connectivity index (χ2n) is 4.96. The van der Waals surface area contributed by atoms with E-state index in [-0.39, 0.29) is 30.1 Å². The van der Waals surface area contributed by atoms with Crippen LogP contribution in [0.3, 0.4) is 0 Å². The molecule has 0 radical (unpaired) electrons. The van der Waals surface area contributed by atoms with Gasteiger partial charge < -0.3 is 20.3 Å². The number of amides is 1. The van der Waals surface area contributed by atoms with Crippen molar-refractivity contribution in [1.29, 1.82) is 0 Å². The van der Waals surface area contributed by atoms with Crippen molar-refractivity contribution in [2.24, 2.45) is 4.99 Å². The van der Waals surface area contributed by atoms with Gasteiger partial charge in [-0.05, 0) is 26.2 Å². The van der Waals surface area contributed by atoms with Gasteiger partial charge in [0, 0.05) is 32.7 Å². The van der Waals surface area contributed by atoms with Crippen LogP contribution < -0.4 is 10.6 Å². The number of unbranched alkanes of at least 4 members (excludes halogenated alkanes) is 1. The number of hydrogen-bond donors (Lipinski definition) is 2. The molecule has 0 aromatic carbocycles. The zero-order chi connectivity index (χ0) is 14.8. The molecule has 0 aliphatic carbocycles. The Morgan fingerprint density at radius 2 is 2.00 bits per heavy atom. The maximum Gasteiger partial charge on any atom is 0.409 e. The van der Waals surface area contributed by atoms with Crippen LogP contribution in [0.4, 0.5) is 4.79 Å². The minimum absolute atomic E-state index is 0. The van der Waals surface area contributed by atoms with E-state index in [2.05, 4.69) is 22.5 Å². The van der Waals surface area contributed by atoms with E-state index >= 15 is 0 Å². The first kappa shape index (κ1) is 20.3. The van der Waals surface area contributed by atoms with Gasteiger partial charge in [-0.1, -0.05) is 13.3 Å². The fourth-order valence-corrected chi connectivity index (χ4v) is 2.19. The Hall–Kier alpha value is -0.730. The smallest absolute Gasteiger partial charge is 0.409 e. The number of guanidine groups is 1. The SMILES string of the molecule is CCCCNC(=NC)NC1CCN(C(=O)OCC)CC1.I. The summed E-state index contributed by atoms with van der Waals surface area (Å²) in [6.07, 6.45) is 3.96. The second kappa shape index (κ2) is 11.9. The molecular weight excluding hydrogens is 383 g/mol. The highest BCUT2D eigenvalue weighted by Crippen LogP contribution is 2.11. The first-order valence-corrected chi connectivity index (χ1v) is 7.60. The van der Waals surface area contributed by atoms with Gasteiger partial charge in [0.2, 0.25) is 0 Å². The number of hydrogen-bond acceptors (Lipinski definition) is 3. The molecule has 1 saturated heterocycles. The lowest BCUT2D eigenvalue weighted by Gasteiger charge is -2.32. The standard InChI is InChI=1S/C14H28N4O2.HI/c1-4-6-9-16-13(15-3)17-12-7-10-18(11-8-12)14(19)20-5-2;/h12H,4-11H2,1-3H3,(H2,15,16,17);1H. The molecule has 1 fully saturated rings. The Labute approximate surface area is 145 Å². The summed E-state index contributed by atoms with van der Waals surface area (Å²) in [5.41, 5.74) is 0. The molecule has 1 aliphatic heterocycles. The van der Waals surface area contributed by atoms with Crippen LogP contribution in [0.1, 0.15) is 39.5 Å². The number of nitrogens with one attached hydrogen (secondary N) is 2. The van der Waals surface area contributed by atoms with Crippen molar-refractivity contribution in [3.8, 4) is 0 Å². The van der Waals surface area contributed by atoms with Gasteiger partial charge >= 0.3 is 6.09 Å². The maximum atomic E-state index is 11.6. The summed E-state index contributed by atoms with van der Waals surface area (Å²) in [7, 11) is 1.79. The van der Waals surface area contributed by atoms with E-state index in [9.17, 15) is 4.79 Å². The largest absolute Gasteiger partial charge is 0.450 e. The molecule has 6 nitrogen and oxygen atoms in total. The molecular formula is C14H29IN4O2. The average molecular weight is 412 g/mol. The summed E-state index contributed by atoms with van der Waals surface area (Å²) >= 11 is 0. The minimum Gasteiger partial charge on any atom is -0.450 e. The van der Waals surface area contributed by atoms with E-state index in [1.54, 1.807) is 11.9 Å². The van der Waals surface area contributed by atoms with Crippen LogP contribution in [0.5, 0.6) is 0 Å². The number of nitrogens with zero attached hydrogens (tertiary/aromatic N) is 2. The van der Waals surface area contributed by atoms with E-state index in [1.165, 1.54) is 6.42 Å². The zero-order valence-electron chi connectivity index (χ0n) is 13.4. The van der Waals surface area contributed by atoms with Gasteiger partial charge in [0.05, 0.1) is 6.61 Å². The lowest BCUT2D eigenvalue weighted by molar-refractivity contribution is 0.0963. The van der Waals surface area contributed by atoms with Crippen LogP contribution in [-0.4, -0.2) is 56.3 Å². The molecule has 1 aliphatic rings. The van der Waals surface area contributed by atoms with Gasteiger partial charge in [-0.2, -0.15) is 0 Å². The number of carbonyl (C=O) groups excluding carboxylic acids is 1. The van der Waals surface area contributed by atoms with Crippen molar-refractivity contribution >= 4 is 36.0 Å². The van der Waals surface area contributed by atoms with Crippen LogP contribution in [0, 0.1) is 0 Å². The summed E-state index contributed by atoms with van der Waals surface area (Å²) in [5, 5.41) is 6.72. The van der Waals surface area contributed by atoms with Crippen LogP contribution in [0.25, 0.3) is 0 Å². The van der Waals surface area contributed by atoms with E-state index in [4.69, 9.17) is 4.74 Å². The fourth-order valence-electron chi connectivity index (χ4n) is 2.19. The molecule has 1 rings (SSSR count). The summed E-state index contributed by atoms with van der Waals surface area (Å²) in [5.74, 6) is 0.855. The molecule has 0 atom stereocenters. The summed E-state index contributed by atoms with van der Waals surface area (Å²) in [4.78, 5) is 17.6. The fraction of sp³-hybridized carbons (Fsp3) is 0.857. The van der Waals surface area contributed by atoms with Crippen molar-refractivity contribution in [1.82, 2.24) is 15.5 Å². The molecule has 0 aromatic heterocycles. The van der Waals surface area contributed by atoms with Gasteiger partial charge in [-0.3, -0.25) is 4.99 Å². The normalized spacial score (nSPS) is 16.1. The molecule has 2 N–H and O–H groups in total. The van der Waals surface area contributed by atoms with E-state index in [0.717, 1.165) is 44.9 Å². The Morgan fingerprint density at radius 1 is 1.33 bits per heavy atom. The summed E-state index contributed by atoms with van der Waals surface area (Å²) < 4.78 is 5.01. The third kappa shape index (κ3) is 7.73. The zero-order valence-corrected chi connectivity index (χ0v) is 15.7. The number of ether oxygens (including phenoxy) is 1. The van der Waals surface area contributed by atoms with E-state index < -0.39 is 0 Å². The Morgan fingerprint density at radius 3 is 2.52 bits per heavy atom. The van der Waals surface area contributed by atoms with Gasteiger partial charge in [-0.15, -0.1) is 24.0 Å². The quantitative estimate of drug-likeness (QED) is 0.315. The summed E-state index contributed by atoms with van der Waals surface area (Å²) in [6.45, 7) is 6.86. The van der Waals surface area contributed by atoms with Crippen LogP contribution >= 0.6 is 24.0 Å². The molecule has 0 saturated carbocycles. The lowest BCUT2D eigenvalue weighted by Crippen LogP contribution is -2.50. The number of piperidine rings is 1. The van der Waals surface area contributed by atoms with Gasteiger partial charge in [0.25, 0.3) is 0 Å². The van der Waals surface area contributed by atoms with E-state index in [0.29, 0.717) is 12.6 Å². The molecule has 0 spiro atoms. The third-order valence-corrected chi connectivity index (χ3v) is 3.41. The highest BCUT2D eigenvalue weighted by Gasteiger charge is 2.23. The molecule has 0 aromatic rings. The van der Waals surface area contributed by atoms with E-state index in [1.807, 2.05) is 6.92 Å². The molecule has 1 heterocycles. The number of aliphatic imine (C=N–C) groups is 1. The predicted octanol–water partition coefficient (Wildman–Crippen LogP) is 2.19. The predicted molar refractivity (Wildman–Crippen MR) is 96.4 cm³/mol. The second-order valence-corrected chi connectivity index (χ2v) is 4.96. The van der Waals surface area contributed by atoms with Crippen LogP contribution in [0.15, 0.2) is 4.99 Å². The van der Waals surface area contributed by atoms with Crippen LogP contribution in [-0.2, 0) is 4.74 Å². The lowest BCUT2D eigenvalue weighted by atomic mass is 10.1. The van der Waals surface area contributed by atoms with Crippen LogP contribution in [0.2, 0.25) is 0 Å². The molecule has 124 valence electrons. The number of rotatable bonds is 5. The van der Waals surface area contributed by atoms with Crippen molar-refractivity contribution in [2.45, 2.75) is 45.6 Å². The molecule has 21 heavy (non-hydrogen) atoms. The molecule has 1 amide bonds. The number of likely N-dealkylation sites (tertiary alicyclic amines) is 1. The van der Waals surface area contributed by atoms with Crippen molar-refractivity contribution in [3.05, 3.63) is 0 Å². The first-order chi connectivity index (χ1) is 9.71.